The molecule has 0 aliphatic carbocycles. The second-order valence-corrected chi connectivity index (χ2v) is 13.4. The highest BCUT2D eigenvalue weighted by molar-refractivity contribution is 5.99. The number of likely N-dealkylation sites (tertiary alicyclic amines) is 1. The smallest absolute Gasteiger partial charge is 0.255 e. The van der Waals surface area contributed by atoms with Gasteiger partial charge in [0.05, 0.1) is 11.6 Å². The van der Waals surface area contributed by atoms with Crippen LogP contribution >= 0.6 is 0 Å². The molecule has 2 aliphatic rings. The molecular formula is C36H51N5O5. The van der Waals surface area contributed by atoms with E-state index in [0.29, 0.717) is 12.2 Å². The number of hydrogen-bond donors (Lipinski definition) is 3. The first-order chi connectivity index (χ1) is 22.0. The van der Waals surface area contributed by atoms with Crippen molar-refractivity contribution in [2.75, 3.05) is 26.7 Å². The first-order valence-corrected chi connectivity index (χ1v) is 16.7. The highest BCUT2D eigenvalue weighted by atomic mass is 16.5. The molecule has 0 aromatic heterocycles. The Kier molecular flexibility index (Phi) is 12.6. The fourth-order valence-electron chi connectivity index (χ4n) is 5.92. The second kappa shape index (κ2) is 16.6. The van der Waals surface area contributed by atoms with Crippen LogP contribution in [0.4, 0.5) is 0 Å². The molecule has 2 aromatic carbocycles. The Bertz CT molecular complexity index is 1340. The molecule has 1 saturated heterocycles. The van der Waals surface area contributed by atoms with Crippen molar-refractivity contribution >= 4 is 23.6 Å². The molecule has 0 radical (unpaired) electrons. The van der Waals surface area contributed by atoms with Crippen molar-refractivity contribution in [3.63, 3.8) is 0 Å². The van der Waals surface area contributed by atoms with E-state index in [2.05, 4.69) is 33.0 Å². The van der Waals surface area contributed by atoms with Crippen LogP contribution in [-0.2, 0) is 27.5 Å². The molecule has 0 spiro atoms. The Labute approximate surface area is 273 Å². The summed E-state index contributed by atoms with van der Waals surface area (Å²) in [5, 5.41) is 8.90. The van der Waals surface area contributed by atoms with Gasteiger partial charge < -0.3 is 25.6 Å². The van der Waals surface area contributed by atoms with Crippen LogP contribution in [-0.4, -0.2) is 78.3 Å². The minimum atomic E-state index is -0.974. The number of carbonyl (C=O) groups is 4. The van der Waals surface area contributed by atoms with E-state index >= 15 is 0 Å². The van der Waals surface area contributed by atoms with Gasteiger partial charge in [-0.1, -0.05) is 64.1 Å². The van der Waals surface area contributed by atoms with Gasteiger partial charge in [-0.3, -0.25) is 24.1 Å². The summed E-state index contributed by atoms with van der Waals surface area (Å²) in [5.41, 5.74) is 2.45. The third-order valence-electron chi connectivity index (χ3n) is 8.90. The molecule has 2 aliphatic heterocycles. The average Bonchev–Trinajstić information content (AvgIpc) is 3.55. The van der Waals surface area contributed by atoms with Gasteiger partial charge in [0, 0.05) is 26.6 Å². The predicted molar refractivity (Wildman–Crippen MR) is 178 cm³/mol. The molecule has 250 valence electrons. The van der Waals surface area contributed by atoms with Gasteiger partial charge in [-0.25, -0.2) is 0 Å². The molecule has 1 fully saturated rings. The fourth-order valence-corrected chi connectivity index (χ4v) is 5.92. The molecule has 2 heterocycles. The molecule has 46 heavy (non-hydrogen) atoms. The topological polar surface area (TPSA) is 120 Å². The highest BCUT2D eigenvalue weighted by Gasteiger charge is 2.32. The molecular weight excluding hydrogens is 582 g/mol. The van der Waals surface area contributed by atoms with Crippen LogP contribution < -0.4 is 20.7 Å². The van der Waals surface area contributed by atoms with Gasteiger partial charge in [-0.05, 0) is 73.9 Å². The summed E-state index contributed by atoms with van der Waals surface area (Å²) in [4.78, 5) is 58.0. The number of nitrogens with zero attached hydrogens (tertiary/aromatic N) is 2. The number of hydrogen-bond acceptors (Lipinski definition) is 6. The lowest BCUT2D eigenvalue weighted by Crippen LogP contribution is -2.53. The van der Waals surface area contributed by atoms with Crippen molar-refractivity contribution in [2.45, 2.75) is 91.0 Å². The van der Waals surface area contributed by atoms with Gasteiger partial charge in [-0.2, -0.15) is 0 Å². The van der Waals surface area contributed by atoms with Crippen LogP contribution in [0.25, 0.3) is 0 Å². The summed E-state index contributed by atoms with van der Waals surface area (Å²) in [6.07, 6.45) is 3.03. The van der Waals surface area contributed by atoms with Crippen molar-refractivity contribution < 1.29 is 23.9 Å². The lowest BCUT2D eigenvalue weighted by atomic mass is 9.99. The number of ether oxygens (including phenoxy) is 1. The van der Waals surface area contributed by atoms with Crippen molar-refractivity contribution in [3.05, 3.63) is 65.2 Å². The predicted octanol–water partition coefficient (Wildman–Crippen LogP) is 3.88. The molecule has 3 N–H and O–H groups in total. The van der Waals surface area contributed by atoms with Gasteiger partial charge in [-0.15, -0.1) is 0 Å². The first-order valence-electron chi connectivity index (χ1n) is 16.7. The summed E-state index contributed by atoms with van der Waals surface area (Å²) in [6.45, 7) is 11.6. The molecule has 2 aromatic rings. The third-order valence-corrected chi connectivity index (χ3v) is 8.90. The van der Waals surface area contributed by atoms with Gasteiger partial charge in [0.2, 0.25) is 17.7 Å². The number of likely N-dealkylation sites (N-methyl/N-ethyl adjacent to an activating group) is 1. The molecule has 3 atom stereocenters. The Morgan fingerprint density at radius 1 is 0.957 bits per heavy atom. The minimum absolute atomic E-state index is 0.0201. The van der Waals surface area contributed by atoms with Crippen molar-refractivity contribution in [1.29, 1.82) is 0 Å². The number of amides is 4. The quantitative estimate of drug-likeness (QED) is 0.406. The molecule has 10 nitrogen and oxygen atoms in total. The monoisotopic (exact) mass is 633 g/mol. The number of benzene rings is 2. The molecule has 0 unspecified atom stereocenters. The molecule has 0 bridgehead atoms. The number of nitrogens with one attached hydrogen (secondary N) is 3. The summed E-state index contributed by atoms with van der Waals surface area (Å²) >= 11 is 0. The van der Waals surface area contributed by atoms with Crippen LogP contribution in [0.15, 0.2) is 48.5 Å². The van der Waals surface area contributed by atoms with E-state index in [1.165, 1.54) is 23.3 Å². The molecule has 10 heteroatoms. The SMILES string of the molecule is CC(C)C[C@H]1C(=O)N[C@H](C(C)C)COc2ccccc2C(=O)N[C@H](C(=O)NCc2ccc(CN3CCCC3)cc2)CCC(=O)N1C. The normalized spacial score (nSPS) is 22.0. The lowest BCUT2D eigenvalue weighted by molar-refractivity contribution is -0.140. The molecule has 0 saturated carbocycles. The number of para-hydroxylation sites is 1. The van der Waals surface area contributed by atoms with E-state index in [9.17, 15) is 19.2 Å². The van der Waals surface area contributed by atoms with E-state index in [-0.39, 0.29) is 67.2 Å². The molecule has 4 amide bonds. The van der Waals surface area contributed by atoms with Crippen LogP contribution in [0.3, 0.4) is 0 Å². The van der Waals surface area contributed by atoms with Crippen molar-refractivity contribution in [1.82, 2.24) is 25.8 Å². The van der Waals surface area contributed by atoms with E-state index in [4.69, 9.17) is 4.74 Å². The summed E-state index contributed by atoms with van der Waals surface area (Å²) < 4.78 is 6.11. The lowest BCUT2D eigenvalue weighted by Gasteiger charge is -2.31. The Hall–Kier alpha value is -3.92. The zero-order chi connectivity index (χ0) is 33.2. The first kappa shape index (κ1) is 34.9. The number of carbonyl (C=O) groups excluding carboxylic acids is 4. The van der Waals surface area contributed by atoms with Gasteiger partial charge >= 0.3 is 0 Å². The third kappa shape index (κ3) is 9.79. The maximum Gasteiger partial charge on any atom is 0.255 e. The van der Waals surface area contributed by atoms with Crippen molar-refractivity contribution in [2.24, 2.45) is 11.8 Å². The Balaban J connectivity index is 1.53. The van der Waals surface area contributed by atoms with Crippen LogP contribution in [0, 0.1) is 11.8 Å². The highest BCUT2D eigenvalue weighted by Crippen LogP contribution is 2.21. The standard InChI is InChI=1S/C36H51N5O5/c1-24(2)20-31-36(45)39-30(25(3)4)23-46-32-11-7-6-10-28(32)34(43)38-29(16-17-33(42)40(31)5)35(44)37-21-26-12-14-27(15-13-26)22-41-18-8-9-19-41/h6-7,10-15,24-25,29-31H,8-9,16-23H2,1-5H3,(H,37,44)(H,38,43)(H,39,45)/t29-,30-,31-/m0/s1. The van der Waals surface area contributed by atoms with Gasteiger partial charge in [0.25, 0.3) is 5.91 Å². The molecule has 4 rings (SSSR count). The van der Waals surface area contributed by atoms with E-state index < -0.39 is 18.0 Å². The van der Waals surface area contributed by atoms with Crippen molar-refractivity contribution in [3.8, 4) is 5.75 Å². The maximum atomic E-state index is 13.6. The summed E-state index contributed by atoms with van der Waals surface area (Å²) in [5.74, 6) is -0.810. The summed E-state index contributed by atoms with van der Waals surface area (Å²) in [7, 11) is 1.63. The maximum absolute atomic E-state index is 13.6. The van der Waals surface area contributed by atoms with Crippen LogP contribution in [0.2, 0.25) is 0 Å². The van der Waals surface area contributed by atoms with Crippen LogP contribution in [0.5, 0.6) is 5.75 Å². The second-order valence-electron chi connectivity index (χ2n) is 13.4. The van der Waals surface area contributed by atoms with Crippen LogP contribution in [0.1, 0.15) is 81.3 Å². The zero-order valence-corrected chi connectivity index (χ0v) is 28.0. The number of rotatable bonds is 8. The fraction of sp³-hybridized carbons (Fsp3) is 0.556. The van der Waals surface area contributed by atoms with E-state index in [1.807, 2.05) is 39.8 Å². The van der Waals surface area contributed by atoms with E-state index in [1.54, 1.807) is 31.3 Å². The minimum Gasteiger partial charge on any atom is -0.491 e. The van der Waals surface area contributed by atoms with Gasteiger partial charge in [0.15, 0.2) is 0 Å². The zero-order valence-electron chi connectivity index (χ0n) is 28.0. The Morgan fingerprint density at radius 2 is 1.63 bits per heavy atom. The summed E-state index contributed by atoms with van der Waals surface area (Å²) in [6, 6.07) is 13.0. The van der Waals surface area contributed by atoms with Gasteiger partial charge in [0.1, 0.15) is 24.4 Å². The average molecular weight is 634 g/mol. The number of fused-ring (bicyclic) bond motifs is 1. The largest absolute Gasteiger partial charge is 0.491 e. The Morgan fingerprint density at radius 3 is 2.30 bits per heavy atom. The van der Waals surface area contributed by atoms with E-state index in [0.717, 1.165) is 25.2 Å².